The van der Waals surface area contributed by atoms with Gasteiger partial charge in [0.25, 0.3) is 0 Å². The highest BCUT2D eigenvalue weighted by Gasteiger charge is 2.10. The fraction of sp³-hybridized carbons (Fsp3) is 0.600. The summed E-state index contributed by atoms with van der Waals surface area (Å²) in [4.78, 5) is 2.06. The minimum absolute atomic E-state index is 0.101. The summed E-state index contributed by atoms with van der Waals surface area (Å²) < 4.78 is 13.4. The highest BCUT2D eigenvalue weighted by Crippen LogP contribution is 2.21. The monoisotopic (exact) mass is 268 g/mol. The van der Waals surface area contributed by atoms with E-state index in [1.54, 1.807) is 12.1 Å². The minimum atomic E-state index is -0.217. The summed E-state index contributed by atoms with van der Waals surface area (Å²) in [6.45, 7) is 9.33. The van der Waals surface area contributed by atoms with Crippen molar-refractivity contribution in [3.8, 4) is 0 Å². The maximum absolute atomic E-state index is 13.4. The number of likely N-dealkylation sites (N-methyl/N-ethyl adjacent to an activating group) is 1. The molecular weight excluding hydrogens is 243 g/mol. The predicted molar refractivity (Wildman–Crippen MR) is 77.9 cm³/mol. The van der Waals surface area contributed by atoms with Gasteiger partial charge in [-0.15, -0.1) is 0 Å². The minimum Gasteiger partial charge on any atom is -0.395 e. The van der Waals surface area contributed by atoms with Crippen molar-refractivity contribution in [1.82, 2.24) is 5.32 Å². The SMILES string of the molecule is CCN(CCO)c1ccc(F)cc1CNCC(C)C. The normalized spacial score (nSPS) is 11.1. The van der Waals surface area contributed by atoms with E-state index >= 15 is 0 Å². The van der Waals surface area contributed by atoms with Gasteiger partial charge in [0.05, 0.1) is 6.61 Å². The van der Waals surface area contributed by atoms with E-state index in [2.05, 4.69) is 24.1 Å². The van der Waals surface area contributed by atoms with Gasteiger partial charge in [0, 0.05) is 25.3 Å². The first-order chi connectivity index (χ1) is 9.08. The van der Waals surface area contributed by atoms with Crippen LogP contribution >= 0.6 is 0 Å². The lowest BCUT2D eigenvalue weighted by Crippen LogP contribution is -2.28. The van der Waals surface area contributed by atoms with Crippen LogP contribution in [0.2, 0.25) is 0 Å². The number of benzene rings is 1. The van der Waals surface area contributed by atoms with Crippen molar-refractivity contribution in [3.05, 3.63) is 29.6 Å². The number of hydrogen-bond acceptors (Lipinski definition) is 3. The molecule has 108 valence electrons. The molecule has 0 fully saturated rings. The Morgan fingerprint density at radius 2 is 2.11 bits per heavy atom. The first-order valence-electron chi connectivity index (χ1n) is 6.93. The largest absolute Gasteiger partial charge is 0.395 e. The van der Waals surface area contributed by atoms with Crippen LogP contribution in [0.1, 0.15) is 26.3 Å². The number of nitrogens with zero attached hydrogens (tertiary/aromatic N) is 1. The van der Waals surface area contributed by atoms with Crippen LogP contribution < -0.4 is 10.2 Å². The number of nitrogens with one attached hydrogen (secondary N) is 1. The highest BCUT2D eigenvalue weighted by atomic mass is 19.1. The van der Waals surface area contributed by atoms with Gasteiger partial charge in [-0.25, -0.2) is 4.39 Å². The molecule has 0 saturated carbocycles. The van der Waals surface area contributed by atoms with Crippen molar-refractivity contribution in [2.45, 2.75) is 27.3 Å². The number of aliphatic hydroxyl groups excluding tert-OH is 1. The fourth-order valence-corrected chi connectivity index (χ4v) is 2.07. The molecule has 2 N–H and O–H groups in total. The van der Waals surface area contributed by atoms with Gasteiger partial charge in [-0.3, -0.25) is 0 Å². The molecule has 0 aliphatic rings. The van der Waals surface area contributed by atoms with Gasteiger partial charge in [0.2, 0.25) is 0 Å². The van der Waals surface area contributed by atoms with E-state index < -0.39 is 0 Å². The average Bonchev–Trinajstić information content (AvgIpc) is 2.36. The van der Waals surface area contributed by atoms with Crippen LogP contribution in [-0.2, 0) is 6.54 Å². The maximum Gasteiger partial charge on any atom is 0.123 e. The first-order valence-corrected chi connectivity index (χ1v) is 6.93. The Balaban J connectivity index is 2.83. The van der Waals surface area contributed by atoms with Crippen LogP contribution in [0.3, 0.4) is 0 Å². The Hall–Kier alpha value is -1.13. The second-order valence-electron chi connectivity index (χ2n) is 5.10. The molecule has 4 heteroatoms. The summed E-state index contributed by atoms with van der Waals surface area (Å²) in [6.07, 6.45) is 0. The van der Waals surface area contributed by atoms with E-state index in [0.717, 1.165) is 24.3 Å². The molecule has 1 aromatic rings. The van der Waals surface area contributed by atoms with Crippen LogP contribution in [0.15, 0.2) is 18.2 Å². The molecule has 1 rings (SSSR count). The van der Waals surface area contributed by atoms with Gasteiger partial charge < -0.3 is 15.3 Å². The van der Waals surface area contributed by atoms with E-state index in [9.17, 15) is 4.39 Å². The molecule has 0 bridgehead atoms. The van der Waals surface area contributed by atoms with E-state index in [1.807, 2.05) is 6.92 Å². The Kier molecular flexibility index (Phi) is 6.81. The molecular formula is C15H25FN2O. The molecule has 0 heterocycles. The lowest BCUT2D eigenvalue weighted by Gasteiger charge is -2.25. The lowest BCUT2D eigenvalue weighted by molar-refractivity contribution is 0.302. The molecule has 0 aromatic heterocycles. The molecule has 0 atom stereocenters. The molecule has 0 aliphatic carbocycles. The van der Waals surface area contributed by atoms with Gasteiger partial charge in [-0.1, -0.05) is 13.8 Å². The summed E-state index contributed by atoms with van der Waals surface area (Å²) in [5.74, 6) is 0.349. The van der Waals surface area contributed by atoms with E-state index in [1.165, 1.54) is 6.07 Å². The van der Waals surface area contributed by atoms with Crippen molar-refractivity contribution < 1.29 is 9.50 Å². The second kappa shape index (κ2) is 8.12. The van der Waals surface area contributed by atoms with E-state index in [-0.39, 0.29) is 12.4 Å². The van der Waals surface area contributed by atoms with Crippen LogP contribution in [0.25, 0.3) is 0 Å². The van der Waals surface area contributed by atoms with Crippen LogP contribution in [0.4, 0.5) is 10.1 Å². The third kappa shape index (κ3) is 5.17. The number of halogens is 1. The molecule has 19 heavy (non-hydrogen) atoms. The Morgan fingerprint density at radius 3 is 2.68 bits per heavy atom. The highest BCUT2D eigenvalue weighted by molar-refractivity contribution is 5.53. The van der Waals surface area contributed by atoms with Crippen molar-refractivity contribution in [1.29, 1.82) is 0 Å². The molecule has 0 unspecified atom stereocenters. The summed E-state index contributed by atoms with van der Waals surface area (Å²) in [5.41, 5.74) is 1.94. The first kappa shape index (κ1) is 15.9. The lowest BCUT2D eigenvalue weighted by atomic mass is 10.1. The summed E-state index contributed by atoms with van der Waals surface area (Å²) in [6, 6.07) is 4.84. The fourth-order valence-electron chi connectivity index (χ4n) is 2.07. The van der Waals surface area contributed by atoms with Crippen molar-refractivity contribution in [2.24, 2.45) is 5.92 Å². The molecule has 0 saturated heterocycles. The summed E-state index contributed by atoms with van der Waals surface area (Å²) >= 11 is 0. The van der Waals surface area contributed by atoms with Gasteiger partial charge >= 0.3 is 0 Å². The van der Waals surface area contributed by atoms with Crippen molar-refractivity contribution in [3.63, 3.8) is 0 Å². The maximum atomic E-state index is 13.4. The number of rotatable bonds is 8. The Labute approximate surface area is 115 Å². The van der Waals surface area contributed by atoms with E-state index in [0.29, 0.717) is 19.0 Å². The molecule has 0 aliphatic heterocycles. The second-order valence-corrected chi connectivity index (χ2v) is 5.10. The van der Waals surface area contributed by atoms with Crippen LogP contribution in [0, 0.1) is 11.7 Å². The molecule has 0 spiro atoms. The molecule has 0 radical (unpaired) electrons. The number of hydrogen-bond donors (Lipinski definition) is 2. The molecule has 3 nitrogen and oxygen atoms in total. The Morgan fingerprint density at radius 1 is 1.37 bits per heavy atom. The zero-order chi connectivity index (χ0) is 14.3. The smallest absolute Gasteiger partial charge is 0.123 e. The van der Waals surface area contributed by atoms with Crippen molar-refractivity contribution in [2.75, 3.05) is 31.1 Å². The standard InChI is InChI=1S/C15H25FN2O/c1-4-18(7-8-19)15-6-5-14(16)9-13(15)11-17-10-12(2)3/h5-6,9,12,17,19H,4,7-8,10-11H2,1-3H3. The molecule has 1 aromatic carbocycles. The topological polar surface area (TPSA) is 35.5 Å². The van der Waals surface area contributed by atoms with Crippen LogP contribution in [-0.4, -0.2) is 31.3 Å². The summed E-state index contributed by atoms with van der Waals surface area (Å²) in [5, 5.41) is 12.4. The van der Waals surface area contributed by atoms with E-state index in [4.69, 9.17) is 5.11 Å². The van der Waals surface area contributed by atoms with Gasteiger partial charge in [-0.2, -0.15) is 0 Å². The summed E-state index contributed by atoms with van der Waals surface area (Å²) in [7, 11) is 0. The quantitative estimate of drug-likeness (QED) is 0.760. The van der Waals surface area contributed by atoms with Gasteiger partial charge in [0.15, 0.2) is 0 Å². The zero-order valence-corrected chi connectivity index (χ0v) is 12.1. The average molecular weight is 268 g/mol. The Bertz CT molecular complexity index is 382. The predicted octanol–water partition coefficient (Wildman–Crippen LogP) is 2.39. The van der Waals surface area contributed by atoms with Crippen molar-refractivity contribution >= 4 is 5.69 Å². The van der Waals surface area contributed by atoms with Gasteiger partial charge in [-0.05, 0) is 43.1 Å². The van der Waals surface area contributed by atoms with Crippen LogP contribution in [0.5, 0.6) is 0 Å². The third-order valence-electron chi connectivity index (χ3n) is 3.00. The third-order valence-corrected chi connectivity index (χ3v) is 3.00. The molecule has 0 amide bonds. The number of anilines is 1. The zero-order valence-electron chi connectivity index (χ0n) is 12.1. The van der Waals surface area contributed by atoms with Gasteiger partial charge in [0.1, 0.15) is 5.82 Å². The number of aliphatic hydroxyl groups is 1.